The van der Waals surface area contributed by atoms with Crippen molar-refractivity contribution < 1.29 is 13.2 Å². The number of rotatable bonds is 4. The number of urea groups is 1. The quantitative estimate of drug-likeness (QED) is 0.899. The van der Waals surface area contributed by atoms with E-state index >= 15 is 0 Å². The molecule has 1 aromatic rings. The number of hydrogen-bond acceptors (Lipinski definition) is 4. The molecule has 1 fully saturated rings. The lowest BCUT2D eigenvalue weighted by Gasteiger charge is -2.24. The predicted octanol–water partition coefficient (Wildman–Crippen LogP) is 1.08. The molecule has 1 aliphatic rings. The van der Waals surface area contributed by atoms with Crippen LogP contribution in [0.2, 0.25) is 0 Å². The smallest absolute Gasteiger partial charge is 0.317 e. The fraction of sp³-hybridized carbons (Fsp3) is 0.533. The Morgan fingerprint density at radius 3 is 2.55 bits per heavy atom. The second kappa shape index (κ2) is 6.56. The summed E-state index contributed by atoms with van der Waals surface area (Å²) in [6.45, 7) is 0.414. The average Bonchev–Trinajstić information content (AvgIpc) is 2.84. The van der Waals surface area contributed by atoms with Crippen molar-refractivity contribution in [3.05, 3.63) is 29.8 Å². The summed E-state index contributed by atoms with van der Waals surface area (Å²) in [5.41, 5.74) is 2.07. The zero-order valence-corrected chi connectivity index (χ0v) is 14.1. The van der Waals surface area contributed by atoms with Gasteiger partial charge in [0.15, 0.2) is 9.84 Å². The van der Waals surface area contributed by atoms with Crippen molar-refractivity contribution in [3.63, 3.8) is 0 Å². The number of para-hydroxylation sites is 1. The standard InChI is InChI=1S/C15H23N3O3S/c1-17(2)14-7-5-4-6-12(14)10-16-15(19)18(3)13-8-9-22(20,21)11-13/h4-7,13H,8-11H2,1-3H3,(H,16,19). The number of carbonyl (C=O) groups is 1. The number of carbonyl (C=O) groups excluding carboxylic acids is 1. The molecule has 1 N–H and O–H groups in total. The van der Waals surface area contributed by atoms with E-state index < -0.39 is 9.84 Å². The third-order valence-corrected chi connectivity index (χ3v) is 5.73. The van der Waals surface area contributed by atoms with Gasteiger partial charge in [-0.25, -0.2) is 13.2 Å². The maximum atomic E-state index is 12.2. The van der Waals surface area contributed by atoms with Crippen molar-refractivity contribution in [2.24, 2.45) is 0 Å². The van der Waals surface area contributed by atoms with Gasteiger partial charge in [-0.15, -0.1) is 0 Å². The first-order valence-electron chi connectivity index (χ1n) is 7.26. The molecule has 2 amide bonds. The summed E-state index contributed by atoms with van der Waals surface area (Å²) in [5, 5.41) is 2.86. The highest BCUT2D eigenvalue weighted by atomic mass is 32.2. The maximum absolute atomic E-state index is 12.2. The molecule has 0 spiro atoms. The lowest BCUT2D eigenvalue weighted by atomic mass is 10.1. The van der Waals surface area contributed by atoms with E-state index in [4.69, 9.17) is 0 Å². The Labute approximate surface area is 132 Å². The zero-order chi connectivity index (χ0) is 16.3. The van der Waals surface area contributed by atoms with E-state index in [0.29, 0.717) is 13.0 Å². The van der Waals surface area contributed by atoms with Gasteiger partial charge in [-0.3, -0.25) is 0 Å². The molecule has 0 radical (unpaired) electrons. The van der Waals surface area contributed by atoms with Crippen LogP contribution < -0.4 is 10.2 Å². The van der Waals surface area contributed by atoms with Gasteiger partial charge in [0.25, 0.3) is 0 Å². The van der Waals surface area contributed by atoms with Crippen molar-refractivity contribution in [1.82, 2.24) is 10.2 Å². The van der Waals surface area contributed by atoms with Gasteiger partial charge in [0.1, 0.15) is 0 Å². The molecule has 1 atom stereocenters. The van der Waals surface area contributed by atoms with E-state index in [9.17, 15) is 13.2 Å². The van der Waals surface area contributed by atoms with Gasteiger partial charge < -0.3 is 15.1 Å². The first kappa shape index (κ1) is 16.6. The van der Waals surface area contributed by atoms with Crippen LogP contribution in [0.3, 0.4) is 0 Å². The molecule has 0 saturated carbocycles. The van der Waals surface area contributed by atoms with Crippen LogP contribution in [0, 0.1) is 0 Å². The molecule has 122 valence electrons. The van der Waals surface area contributed by atoms with E-state index in [-0.39, 0.29) is 23.6 Å². The van der Waals surface area contributed by atoms with Crippen LogP contribution in [0.15, 0.2) is 24.3 Å². The van der Waals surface area contributed by atoms with Gasteiger partial charge in [-0.1, -0.05) is 18.2 Å². The van der Waals surface area contributed by atoms with Crippen LogP contribution in [-0.4, -0.2) is 58.0 Å². The Morgan fingerprint density at radius 1 is 1.27 bits per heavy atom. The van der Waals surface area contributed by atoms with Crippen LogP contribution >= 0.6 is 0 Å². The number of hydrogen-bond donors (Lipinski definition) is 1. The highest BCUT2D eigenvalue weighted by Gasteiger charge is 2.32. The fourth-order valence-electron chi connectivity index (χ4n) is 2.64. The summed E-state index contributed by atoms with van der Waals surface area (Å²) in [6.07, 6.45) is 0.514. The zero-order valence-electron chi connectivity index (χ0n) is 13.2. The lowest BCUT2D eigenvalue weighted by Crippen LogP contribution is -2.44. The Balaban J connectivity index is 1.96. The van der Waals surface area contributed by atoms with Crippen molar-refractivity contribution in [2.75, 3.05) is 37.5 Å². The number of amides is 2. The van der Waals surface area contributed by atoms with E-state index in [0.717, 1.165) is 11.3 Å². The molecular formula is C15H23N3O3S. The summed E-state index contributed by atoms with van der Waals surface area (Å²) in [5.74, 6) is 0.226. The van der Waals surface area contributed by atoms with Crippen LogP contribution in [0.5, 0.6) is 0 Å². The molecule has 1 heterocycles. The minimum Gasteiger partial charge on any atom is -0.377 e. The van der Waals surface area contributed by atoms with Crippen molar-refractivity contribution in [2.45, 2.75) is 19.0 Å². The van der Waals surface area contributed by atoms with E-state index in [2.05, 4.69) is 5.32 Å². The summed E-state index contributed by atoms with van der Waals surface area (Å²) in [6, 6.07) is 7.38. The Bertz CT molecular complexity index is 643. The molecule has 22 heavy (non-hydrogen) atoms. The Hall–Kier alpha value is -1.76. The number of nitrogens with one attached hydrogen (secondary N) is 1. The third-order valence-electron chi connectivity index (χ3n) is 3.98. The van der Waals surface area contributed by atoms with Crippen LogP contribution in [0.25, 0.3) is 0 Å². The molecule has 2 rings (SSSR count). The molecule has 1 aromatic carbocycles. The van der Waals surface area contributed by atoms with E-state index in [1.807, 2.05) is 43.3 Å². The number of anilines is 1. The lowest BCUT2D eigenvalue weighted by molar-refractivity contribution is 0.194. The summed E-state index contributed by atoms with van der Waals surface area (Å²) in [4.78, 5) is 15.7. The van der Waals surface area contributed by atoms with E-state index in [1.54, 1.807) is 7.05 Å². The van der Waals surface area contributed by atoms with Crippen molar-refractivity contribution in [1.29, 1.82) is 0 Å². The number of nitrogens with zero attached hydrogens (tertiary/aromatic N) is 2. The van der Waals surface area contributed by atoms with Gasteiger partial charge in [-0.2, -0.15) is 0 Å². The Kier molecular flexibility index (Phi) is 4.95. The summed E-state index contributed by atoms with van der Waals surface area (Å²) >= 11 is 0. The summed E-state index contributed by atoms with van der Waals surface area (Å²) in [7, 11) is 2.57. The molecular weight excluding hydrogens is 302 g/mol. The fourth-order valence-corrected chi connectivity index (χ4v) is 4.41. The molecule has 6 nitrogen and oxygen atoms in total. The van der Waals surface area contributed by atoms with Gasteiger partial charge in [0, 0.05) is 39.4 Å². The SMILES string of the molecule is CN(C)c1ccccc1CNC(=O)N(C)C1CCS(=O)(=O)C1. The molecule has 1 unspecified atom stereocenters. The highest BCUT2D eigenvalue weighted by Crippen LogP contribution is 2.19. The Morgan fingerprint density at radius 2 is 1.95 bits per heavy atom. The van der Waals surface area contributed by atoms with Crippen molar-refractivity contribution >= 4 is 21.6 Å². The molecule has 0 aromatic heterocycles. The van der Waals surface area contributed by atoms with Gasteiger partial charge in [0.2, 0.25) is 0 Å². The van der Waals surface area contributed by atoms with Gasteiger partial charge in [-0.05, 0) is 18.1 Å². The number of sulfone groups is 1. The third kappa shape index (κ3) is 3.91. The molecule has 0 bridgehead atoms. The van der Waals surface area contributed by atoms with Crippen LogP contribution in [0.1, 0.15) is 12.0 Å². The minimum atomic E-state index is -2.99. The van der Waals surface area contributed by atoms with Gasteiger partial charge in [0.05, 0.1) is 11.5 Å². The van der Waals surface area contributed by atoms with E-state index in [1.165, 1.54) is 4.90 Å². The van der Waals surface area contributed by atoms with Crippen LogP contribution in [-0.2, 0) is 16.4 Å². The first-order valence-corrected chi connectivity index (χ1v) is 9.08. The van der Waals surface area contributed by atoms with Crippen molar-refractivity contribution in [3.8, 4) is 0 Å². The maximum Gasteiger partial charge on any atom is 0.317 e. The monoisotopic (exact) mass is 325 g/mol. The molecule has 1 saturated heterocycles. The van der Waals surface area contributed by atoms with Crippen LogP contribution in [0.4, 0.5) is 10.5 Å². The topological polar surface area (TPSA) is 69.7 Å². The minimum absolute atomic E-state index is 0.0607. The molecule has 7 heteroatoms. The average molecular weight is 325 g/mol. The second-order valence-corrected chi connectivity index (χ2v) is 8.08. The largest absolute Gasteiger partial charge is 0.377 e. The first-order chi connectivity index (χ1) is 10.3. The normalized spacial score (nSPS) is 19.7. The number of benzene rings is 1. The summed E-state index contributed by atoms with van der Waals surface area (Å²) < 4.78 is 23.0. The molecule has 0 aliphatic carbocycles. The predicted molar refractivity (Wildman–Crippen MR) is 87.8 cm³/mol. The second-order valence-electron chi connectivity index (χ2n) is 5.85. The molecule has 1 aliphatic heterocycles. The van der Waals surface area contributed by atoms with Gasteiger partial charge >= 0.3 is 6.03 Å². The highest BCUT2D eigenvalue weighted by molar-refractivity contribution is 7.91.